The highest BCUT2D eigenvalue weighted by molar-refractivity contribution is 5.94. The van der Waals surface area contributed by atoms with E-state index in [-0.39, 0.29) is 11.6 Å². The van der Waals surface area contributed by atoms with Crippen LogP contribution in [0.15, 0.2) is 42.5 Å². The van der Waals surface area contributed by atoms with Gasteiger partial charge in [0.25, 0.3) is 11.6 Å². The van der Waals surface area contributed by atoms with Gasteiger partial charge in [-0.25, -0.2) is 0 Å². The zero-order valence-electron chi connectivity index (χ0n) is 13.6. The van der Waals surface area contributed by atoms with E-state index >= 15 is 0 Å². The van der Waals surface area contributed by atoms with Crippen molar-refractivity contribution < 1.29 is 19.2 Å². The van der Waals surface area contributed by atoms with Crippen LogP contribution >= 0.6 is 0 Å². The molecular weight excluding hydrogens is 312 g/mol. The standard InChI is InChI=1S/C17H18N2O5/c1-11-10-15(8-9-16(11)19(21)22)24-12(2)17(20)18-13-4-6-14(23-3)7-5-13/h4-10,12H,1-3H3,(H,18,20)/t12-/m0/s1. The molecule has 1 atom stereocenters. The van der Waals surface area contributed by atoms with Crippen molar-refractivity contribution in [3.8, 4) is 11.5 Å². The second-order valence-electron chi connectivity index (χ2n) is 5.18. The van der Waals surface area contributed by atoms with Crippen LogP contribution in [0.5, 0.6) is 11.5 Å². The normalized spacial score (nSPS) is 11.5. The first-order valence-corrected chi connectivity index (χ1v) is 7.27. The molecule has 0 unspecified atom stereocenters. The molecule has 2 rings (SSSR count). The Kier molecular flexibility index (Phi) is 5.36. The van der Waals surface area contributed by atoms with Crippen LogP contribution in [0.3, 0.4) is 0 Å². The van der Waals surface area contributed by atoms with Gasteiger partial charge in [-0.1, -0.05) is 0 Å². The average molecular weight is 330 g/mol. The van der Waals surface area contributed by atoms with Gasteiger partial charge in [-0.3, -0.25) is 14.9 Å². The molecule has 0 radical (unpaired) electrons. The summed E-state index contributed by atoms with van der Waals surface area (Å²) < 4.78 is 10.6. The van der Waals surface area contributed by atoms with Gasteiger partial charge in [0.1, 0.15) is 11.5 Å². The van der Waals surface area contributed by atoms with Crippen LogP contribution in [0.25, 0.3) is 0 Å². The minimum absolute atomic E-state index is 0.0117. The third kappa shape index (κ3) is 4.22. The first kappa shape index (κ1) is 17.3. The highest BCUT2D eigenvalue weighted by Gasteiger charge is 2.17. The monoisotopic (exact) mass is 330 g/mol. The molecule has 126 valence electrons. The summed E-state index contributed by atoms with van der Waals surface area (Å²) in [6.07, 6.45) is -0.757. The SMILES string of the molecule is COc1ccc(NC(=O)[C@H](C)Oc2ccc([N+](=O)[O-])c(C)c2)cc1. The van der Waals surface area contributed by atoms with E-state index in [0.29, 0.717) is 22.7 Å². The predicted molar refractivity (Wildman–Crippen MR) is 89.5 cm³/mol. The number of carbonyl (C=O) groups excluding carboxylic acids is 1. The smallest absolute Gasteiger partial charge is 0.272 e. The average Bonchev–Trinajstić information content (AvgIpc) is 2.55. The Bertz CT molecular complexity index is 743. The summed E-state index contributed by atoms with van der Waals surface area (Å²) in [5, 5.41) is 13.5. The van der Waals surface area contributed by atoms with Crippen LogP contribution < -0.4 is 14.8 Å². The molecule has 0 aliphatic rings. The topological polar surface area (TPSA) is 90.7 Å². The molecular formula is C17H18N2O5. The number of hydrogen-bond acceptors (Lipinski definition) is 5. The van der Waals surface area contributed by atoms with Crippen molar-refractivity contribution in [3.63, 3.8) is 0 Å². The van der Waals surface area contributed by atoms with Gasteiger partial charge < -0.3 is 14.8 Å². The van der Waals surface area contributed by atoms with Crippen molar-refractivity contribution in [2.75, 3.05) is 12.4 Å². The van der Waals surface area contributed by atoms with Crippen molar-refractivity contribution >= 4 is 17.3 Å². The number of nitrogens with one attached hydrogen (secondary N) is 1. The number of methoxy groups -OCH3 is 1. The molecule has 0 heterocycles. The Hall–Kier alpha value is -3.09. The molecule has 0 saturated carbocycles. The lowest BCUT2D eigenvalue weighted by atomic mass is 10.2. The fraction of sp³-hybridized carbons (Fsp3) is 0.235. The van der Waals surface area contributed by atoms with E-state index < -0.39 is 11.0 Å². The van der Waals surface area contributed by atoms with E-state index in [0.717, 1.165) is 0 Å². The minimum atomic E-state index is -0.757. The summed E-state index contributed by atoms with van der Waals surface area (Å²) in [5.41, 5.74) is 1.11. The molecule has 24 heavy (non-hydrogen) atoms. The second-order valence-corrected chi connectivity index (χ2v) is 5.18. The zero-order valence-corrected chi connectivity index (χ0v) is 13.6. The molecule has 1 N–H and O–H groups in total. The fourth-order valence-electron chi connectivity index (χ4n) is 2.08. The molecule has 7 nitrogen and oxygen atoms in total. The van der Waals surface area contributed by atoms with Crippen molar-refractivity contribution in [2.45, 2.75) is 20.0 Å². The molecule has 0 aliphatic carbocycles. The van der Waals surface area contributed by atoms with Gasteiger partial charge in [-0.15, -0.1) is 0 Å². The molecule has 2 aromatic rings. The molecule has 7 heteroatoms. The largest absolute Gasteiger partial charge is 0.497 e. The molecule has 2 aromatic carbocycles. The van der Waals surface area contributed by atoms with Crippen LogP contribution in [0.2, 0.25) is 0 Å². The number of hydrogen-bond donors (Lipinski definition) is 1. The molecule has 1 amide bonds. The first-order chi connectivity index (χ1) is 11.4. The van der Waals surface area contributed by atoms with Gasteiger partial charge >= 0.3 is 0 Å². The number of amides is 1. The number of nitro groups is 1. The van der Waals surface area contributed by atoms with Crippen molar-refractivity contribution in [2.24, 2.45) is 0 Å². The van der Waals surface area contributed by atoms with Crippen LogP contribution in [-0.4, -0.2) is 24.0 Å². The number of ether oxygens (including phenoxy) is 2. The van der Waals surface area contributed by atoms with Crippen LogP contribution in [-0.2, 0) is 4.79 Å². The summed E-state index contributed by atoms with van der Waals surface area (Å²) in [4.78, 5) is 22.5. The van der Waals surface area contributed by atoms with Gasteiger partial charge in [-0.2, -0.15) is 0 Å². The number of aryl methyl sites for hydroxylation is 1. The lowest BCUT2D eigenvalue weighted by Crippen LogP contribution is -2.30. The molecule has 0 bridgehead atoms. The Balaban J connectivity index is 2.00. The predicted octanol–water partition coefficient (Wildman–Crippen LogP) is 3.32. The van der Waals surface area contributed by atoms with E-state index in [4.69, 9.17) is 9.47 Å². The highest BCUT2D eigenvalue weighted by Crippen LogP contribution is 2.24. The first-order valence-electron chi connectivity index (χ1n) is 7.27. The summed E-state index contributed by atoms with van der Waals surface area (Å²) >= 11 is 0. The summed E-state index contributed by atoms with van der Waals surface area (Å²) in [5.74, 6) is 0.769. The molecule has 0 spiro atoms. The van der Waals surface area contributed by atoms with Gasteiger partial charge in [0.05, 0.1) is 12.0 Å². The summed E-state index contributed by atoms with van der Waals surface area (Å²) in [6, 6.07) is 11.3. The van der Waals surface area contributed by atoms with Gasteiger partial charge in [0.15, 0.2) is 6.10 Å². The number of nitrogens with zero attached hydrogens (tertiary/aromatic N) is 1. The molecule has 0 fully saturated rings. The lowest BCUT2D eigenvalue weighted by molar-refractivity contribution is -0.385. The zero-order chi connectivity index (χ0) is 17.7. The Morgan fingerprint density at radius 2 is 1.79 bits per heavy atom. The minimum Gasteiger partial charge on any atom is -0.497 e. The number of anilines is 1. The summed E-state index contributed by atoms with van der Waals surface area (Å²) in [7, 11) is 1.57. The fourth-order valence-corrected chi connectivity index (χ4v) is 2.08. The summed E-state index contributed by atoms with van der Waals surface area (Å²) in [6.45, 7) is 3.22. The van der Waals surface area contributed by atoms with Crippen molar-refractivity contribution in [1.29, 1.82) is 0 Å². The number of carbonyl (C=O) groups is 1. The van der Waals surface area contributed by atoms with Crippen LogP contribution in [0.1, 0.15) is 12.5 Å². The lowest BCUT2D eigenvalue weighted by Gasteiger charge is -2.15. The third-order valence-corrected chi connectivity index (χ3v) is 3.40. The second kappa shape index (κ2) is 7.45. The van der Waals surface area contributed by atoms with E-state index in [1.165, 1.54) is 18.2 Å². The Labute approximate surface area is 139 Å². The maximum absolute atomic E-state index is 12.2. The maximum Gasteiger partial charge on any atom is 0.272 e. The van der Waals surface area contributed by atoms with Crippen molar-refractivity contribution in [3.05, 3.63) is 58.1 Å². The number of nitro benzene ring substituents is 1. The van der Waals surface area contributed by atoms with E-state index in [2.05, 4.69) is 5.32 Å². The van der Waals surface area contributed by atoms with Gasteiger partial charge in [0.2, 0.25) is 0 Å². The number of benzene rings is 2. The molecule has 0 aromatic heterocycles. The third-order valence-electron chi connectivity index (χ3n) is 3.40. The van der Waals surface area contributed by atoms with Crippen molar-refractivity contribution in [1.82, 2.24) is 0 Å². The Morgan fingerprint density at radius 3 is 2.33 bits per heavy atom. The van der Waals surface area contributed by atoms with Crippen LogP contribution in [0, 0.1) is 17.0 Å². The van der Waals surface area contributed by atoms with Crippen LogP contribution in [0.4, 0.5) is 11.4 Å². The molecule has 0 saturated heterocycles. The van der Waals surface area contributed by atoms with Gasteiger partial charge in [0, 0.05) is 17.3 Å². The molecule has 0 aliphatic heterocycles. The Morgan fingerprint density at radius 1 is 1.17 bits per heavy atom. The van der Waals surface area contributed by atoms with E-state index in [1.807, 2.05) is 0 Å². The maximum atomic E-state index is 12.2. The number of rotatable bonds is 6. The van der Waals surface area contributed by atoms with Gasteiger partial charge in [-0.05, 0) is 50.2 Å². The van der Waals surface area contributed by atoms with E-state index in [9.17, 15) is 14.9 Å². The van der Waals surface area contributed by atoms with E-state index in [1.54, 1.807) is 45.2 Å². The quantitative estimate of drug-likeness (QED) is 0.648. The highest BCUT2D eigenvalue weighted by atomic mass is 16.6.